The second kappa shape index (κ2) is 8.01. The van der Waals surface area contributed by atoms with E-state index in [0.717, 1.165) is 43.4 Å². The van der Waals surface area contributed by atoms with Crippen LogP contribution in [0.25, 0.3) is 0 Å². The van der Waals surface area contributed by atoms with E-state index in [1.165, 1.54) is 0 Å². The molecule has 7 heteroatoms. The van der Waals surface area contributed by atoms with Crippen LogP contribution in [0.5, 0.6) is 0 Å². The number of rotatable bonds is 5. The van der Waals surface area contributed by atoms with Gasteiger partial charge in [0.25, 0.3) is 0 Å². The number of sulfonamides is 1. The Morgan fingerprint density at radius 2 is 1.73 bits per heavy atom. The van der Waals surface area contributed by atoms with Crippen molar-refractivity contribution in [2.75, 3.05) is 10.0 Å². The van der Waals surface area contributed by atoms with Gasteiger partial charge in [-0.2, -0.15) is 0 Å². The Hall–Kier alpha value is -1.53. The molecule has 0 aromatic heterocycles. The zero-order valence-corrected chi connectivity index (χ0v) is 16.5. The molecule has 1 saturated carbocycles. The summed E-state index contributed by atoms with van der Waals surface area (Å²) >= 11 is 6.46. The molecule has 1 fully saturated rings. The van der Waals surface area contributed by atoms with Gasteiger partial charge in [-0.15, -0.1) is 0 Å². The molecule has 2 aliphatic carbocycles. The van der Waals surface area contributed by atoms with Crippen molar-refractivity contribution in [3.8, 4) is 0 Å². The van der Waals surface area contributed by atoms with E-state index >= 15 is 0 Å². The third kappa shape index (κ3) is 4.23. The third-order valence-corrected chi connectivity index (χ3v) is 7.49. The predicted octanol–water partition coefficient (Wildman–Crippen LogP) is 4.85. The van der Waals surface area contributed by atoms with Crippen LogP contribution in [0.15, 0.2) is 29.5 Å². The van der Waals surface area contributed by atoms with Crippen molar-refractivity contribution in [1.82, 2.24) is 0 Å². The molecule has 2 N–H and O–H groups in total. The Morgan fingerprint density at radius 1 is 1.04 bits per heavy atom. The lowest BCUT2D eigenvalue weighted by Crippen LogP contribution is -2.29. The van der Waals surface area contributed by atoms with E-state index in [9.17, 15) is 13.2 Å². The second-order valence-corrected chi connectivity index (χ2v) is 9.42. The van der Waals surface area contributed by atoms with Crippen molar-refractivity contribution in [2.24, 2.45) is 0 Å². The number of hydrogen-bond acceptors (Lipinski definition) is 4. The normalized spacial score (nSPS) is 19.5. The van der Waals surface area contributed by atoms with Gasteiger partial charge in [-0.1, -0.05) is 36.9 Å². The average molecular weight is 397 g/mol. The summed E-state index contributed by atoms with van der Waals surface area (Å²) in [5, 5.41) is 3.19. The van der Waals surface area contributed by atoms with Gasteiger partial charge in [0.15, 0.2) is 5.78 Å². The fraction of sp³-hybridized carbons (Fsp3) is 0.526. The lowest BCUT2D eigenvalue weighted by Gasteiger charge is -2.23. The van der Waals surface area contributed by atoms with Crippen LogP contribution in [0.3, 0.4) is 0 Å². The van der Waals surface area contributed by atoms with E-state index in [0.29, 0.717) is 35.7 Å². The number of nitrogens with one attached hydrogen (secondary N) is 2. The van der Waals surface area contributed by atoms with Crippen molar-refractivity contribution in [2.45, 2.75) is 63.5 Å². The first-order valence-electron chi connectivity index (χ1n) is 9.18. The van der Waals surface area contributed by atoms with Gasteiger partial charge in [-0.25, -0.2) is 8.42 Å². The first kappa shape index (κ1) is 19.2. The van der Waals surface area contributed by atoms with E-state index in [1.54, 1.807) is 18.2 Å². The van der Waals surface area contributed by atoms with Crippen LogP contribution in [-0.4, -0.2) is 19.5 Å². The average Bonchev–Trinajstić information content (AvgIpc) is 2.63. The number of Topliss-reactive ketones (excluding diaryl/α,β-unsaturated/α-hetero) is 1. The van der Waals surface area contributed by atoms with Crippen molar-refractivity contribution in [3.05, 3.63) is 34.5 Å². The summed E-state index contributed by atoms with van der Waals surface area (Å²) in [6, 6.07) is 5.22. The number of carbonyl (C=O) groups excluding carboxylic acids is 1. The Labute approximate surface area is 160 Å². The van der Waals surface area contributed by atoms with E-state index in [2.05, 4.69) is 10.0 Å². The second-order valence-electron chi connectivity index (χ2n) is 7.08. The van der Waals surface area contributed by atoms with Crippen molar-refractivity contribution in [1.29, 1.82) is 0 Å². The van der Waals surface area contributed by atoms with Gasteiger partial charge in [0.1, 0.15) is 0 Å². The fourth-order valence-corrected chi connectivity index (χ4v) is 5.48. The first-order valence-corrected chi connectivity index (χ1v) is 11.1. The molecule has 0 atom stereocenters. The third-order valence-electron chi connectivity index (χ3n) is 5.23. The number of benzene rings is 1. The number of halogens is 1. The SMILES string of the molecule is CC1=C(Nc2cccc(NS(=O)(=O)C3CCCCC3)c2Cl)CCCC1=O. The highest BCUT2D eigenvalue weighted by Gasteiger charge is 2.28. The first-order chi connectivity index (χ1) is 12.4. The summed E-state index contributed by atoms with van der Waals surface area (Å²) in [5.74, 6) is 0.143. The topological polar surface area (TPSA) is 75.3 Å². The smallest absolute Gasteiger partial charge is 0.235 e. The van der Waals surface area contributed by atoms with Crippen molar-refractivity contribution in [3.63, 3.8) is 0 Å². The Morgan fingerprint density at radius 3 is 2.46 bits per heavy atom. The summed E-state index contributed by atoms with van der Waals surface area (Å²) in [5.41, 5.74) is 2.57. The molecule has 0 heterocycles. The van der Waals surface area contributed by atoms with Gasteiger partial charge >= 0.3 is 0 Å². The molecule has 3 rings (SSSR count). The highest BCUT2D eigenvalue weighted by Crippen LogP contribution is 2.35. The van der Waals surface area contributed by atoms with E-state index in [4.69, 9.17) is 11.6 Å². The number of anilines is 2. The molecule has 0 radical (unpaired) electrons. The lowest BCUT2D eigenvalue weighted by molar-refractivity contribution is -0.116. The highest BCUT2D eigenvalue weighted by atomic mass is 35.5. The minimum atomic E-state index is -3.46. The molecular formula is C19H25ClN2O3S. The molecule has 0 saturated heterocycles. The van der Waals surface area contributed by atoms with Crippen LogP contribution in [0.4, 0.5) is 11.4 Å². The molecular weight excluding hydrogens is 372 g/mol. The maximum absolute atomic E-state index is 12.7. The Bertz CT molecular complexity index is 827. The van der Waals surface area contributed by atoms with Crippen LogP contribution in [0.1, 0.15) is 58.3 Å². The predicted molar refractivity (Wildman–Crippen MR) is 106 cm³/mol. The van der Waals surface area contributed by atoms with Crippen molar-refractivity contribution < 1.29 is 13.2 Å². The molecule has 1 aromatic rings. The Kier molecular flexibility index (Phi) is 5.92. The quantitative estimate of drug-likeness (QED) is 0.745. The van der Waals surface area contributed by atoms with Gasteiger partial charge in [-0.3, -0.25) is 9.52 Å². The maximum atomic E-state index is 12.7. The van der Waals surface area contributed by atoms with E-state index < -0.39 is 10.0 Å². The summed E-state index contributed by atoms with van der Waals surface area (Å²) < 4.78 is 28.0. The van der Waals surface area contributed by atoms with Crippen LogP contribution in [0.2, 0.25) is 5.02 Å². The zero-order chi connectivity index (χ0) is 18.7. The standard InChI is InChI=1S/C19H25ClN2O3S/c1-13-15(9-6-12-18(13)23)21-16-10-5-11-17(19(16)20)22-26(24,25)14-7-3-2-4-8-14/h5,10-11,14,21-22H,2-4,6-9,12H2,1H3. The van der Waals surface area contributed by atoms with Crippen LogP contribution in [-0.2, 0) is 14.8 Å². The number of allylic oxidation sites excluding steroid dienone is 2. The highest BCUT2D eigenvalue weighted by molar-refractivity contribution is 7.93. The molecule has 142 valence electrons. The minimum absolute atomic E-state index is 0.143. The van der Waals surface area contributed by atoms with Gasteiger partial charge < -0.3 is 5.32 Å². The number of hydrogen-bond donors (Lipinski definition) is 2. The molecule has 0 aliphatic heterocycles. The molecule has 26 heavy (non-hydrogen) atoms. The largest absolute Gasteiger partial charge is 0.357 e. The minimum Gasteiger partial charge on any atom is -0.357 e. The van der Waals surface area contributed by atoms with Crippen LogP contribution in [0, 0.1) is 0 Å². The summed E-state index contributed by atoms with van der Waals surface area (Å²) in [6.45, 7) is 1.81. The molecule has 2 aliphatic rings. The molecule has 5 nitrogen and oxygen atoms in total. The van der Waals surface area contributed by atoms with E-state index in [-0.39, 0.29) is 11.0 Å². The monoisotopic (exact) mass is 396 g/mol. The fourth-order valence-electron chi connectivity index (χ4n) is 3.61. The van der Waals surface area contributed by atoms with E-state index in [1.807, 2.05) is 6.92 Å². The van der Waals surface area contributed by atoms with Crippen LogP contribution >= 0.6 is 11.6 Å². The molecule has 0 unspecified atom stereocenters. The summed E-state index contributed by atoms with van der Waals surface area (Å²) in [6.07, 6.45) is 6.55. The van der Waals surface area contributed by atoms with Gasteiger partial charge in [0.2, 0.25) is 10.0 Å². The van der Waals surface area contributed by atoms with Gasteiger partial charge in [0.05, 0.1) is 21.6 Å². The summed E-state index contributed by atoms with van der Waals surface area (Å²) in [4.78, 5) is 11.9. The zero-order valence-electron chi connectivity index (χ0n) is 15.0. The molecule has 0 bridgehead atoms. The Balaban J connectivity index is 1.81. The summed E-state index contributed by atoms with van der Waals surface area (Å²) in [7, 11) is -3.46. The van der Waals surface area contributed by atoms with Gasteiger partial charge in [-0.05, 0) is 44.7 Å². The van der Waals surface area contributed by atoms with Crippen LogP contribution < -0.4 is 10.0 Å². The maximum Gasteiger partial charge on any atom is 0.235 e. The molecule has 0 spiro atoms. The van der Waals surface area contributed by atoms with Gasteiger partial charge in [0, 0.05) is 17.7 Å². The number of carbonyl (C=O) groups is 1. The lowest BCUT2D eigenvalue weighted by atomic mass is 9.96. The molecule has 1 aromatic carbocycles. The number of ketones is 1. The molecule has 0 amide bonds. The van der Waals surface area contributed by atoms with Crippen molar-refractivity contribution >= 4 is 38.8 Å².